The molecule has 46 heavy (non-hydrogen) atoms. The molecular formula is C33H45ClIN3O8. The number of aliphatic hydroxyl groups is 1. The average Bonchev–Trinajstić information content (AvgIpc) is 3.69. The van der Waals surface area contributed by atoms with Gasteiger partial charge in [-0.05, 0) is 63.3 Å². The molecule has 0 unspecified atom stereocenters. The van der Waals surface area contributed by atoms with Crippen LogP contribution < -0.4 is 15.0 Å². The van der Waals surface area contributed by atoms with E-state index in [4.69, 9.17) is 30.5 Å². The molecule has 1 aromatic rings. The van der Waals surface area contributed by atoms with Crippen molar-refractivity contribution >= 4 is 58.1 Å². The molecule has 13 heteroatoms. The minimum absolute atomic E-state index is 0.0744. The summed E-state index contributed by atoms with van der Waals surface area (Å²) in [5, 5.41) is 14.5. The standard InChI is InChI=1S/C33H45ClIN3O8/c1-18-10-9-11-26(44-8)33(42)17-25(45-31(41)36-33)19(2)22-16-32(22,4)27(46-30(40)20(3)38(6)35)15-28(39)37(5)23-13-21(12-18)14-24(43-7)29(23)34/h9-11,13-14,19-20,22,25-27,42H,12,15-17H2,1-8H3,(H,36,41)/b11-9+,18-10+/t19-,20-,22-,25-,26+,27-,32+,33-/m0/s1. The van der Waals surface area contributed by atoms with Crippen LogP contribution in [0.25, 0.3) is 0 Å². The Labute approximate surface area is 290 Å². The van der Waals surface area contributed by atoms with E-state index in [1.54, 1.807) is 36.3 Å². The third kappa shape index (κ3) is 7.67. The van der Waals surface area contributed by atoms with Gasteiger partial charge >= 0.3 is 12.1 Å². The fourth-order valence-electron chi connectivity index (χ4n) is 6.55. The summed E-state index contributed by atoms with van der Waals surface area (Å²) in [4.78, 5) is 41.5. The maximum atomic E-state index is 14.0. The number of carbonyl (C=O) groups excluding carboxylic acids is 3. The van der Waals surface area contributed by atoms with Gasteiger partial charge in [-0.15, -0.1) is 0 Å². The molecule has 2 heterocycles. The van der Waals surface area contributed by atoms with Crippen LogP contribution in [0.2, 0.25) is 5.02 Å². The zero-order chi connectivity index (χ0) is 34.1. The molecule has 4 rings (SSSR count). The number of hydrogen-bond donors (Lipinski definition) is 2. The molecule has 254 valence electrons. The van der Waals surface area contributed by atoms with Crippen LogP contribution in [0.4, 0.5) is 10.5 Å². The quantitative estimate of drug-likeness (QED) is 0.236. The van der Waals surface area contributed by atoms with E-state index < -0.39 is 47.6 Å². The lowest BCUT2D eigenvalue weighted by Gasteiger charge is -2.42. The van der Waals surface area contributed by atoms with E-state index in [-0.39, 0.29) is 30.6 Å². The smallest absolute Gasteiger partial charge is 0.409 e. The van der Waals surface area contributed by atoms with Crippen molar-refractivity contribution in [3.63, 3.8) is 0 Å². The first-order valence-corrected chi connectivity index (χ1v) is 16.7. The van der Waals surface area contributed by atoms with E-state index in [1.807, 2.05) is 61.8 Å². The maximum Gasteiger partial charge on any atom is 0.409 e. The maximum absolute atomic E-state index is 14.0. The number of alkyl carbamates (subject to hydrolysis) is 1. The number of benzene rings is 1. The van der Waals surface area contributed by atoms with Gasteiger partial charge in [-0.25, -0.2) is 7.91 Å². The molecule has 0 radical (unpaired) electrons. The number of amides is 2. The Hall–Kier alpha value is -2.39. The summed E-state index contributed by atoms with van der Waals surface area (Å²) >= 11 is 8.77. The lowest BCUT2D eigenvalue weighted by Crippen LogP contribution is -2.63. The van der Waals surface area contributed by atoms with Gasteiger partial charge in [-0.1, -0.05) is 49.2 Å². The van der Waals surface area contributed by atoms with Crippen molar-refractivity contribution in [3.8, 4) is 5.75 Å². The van der Waals surface area contributed by atoms with Crippen molar-refractivity contribution in [3.05, 3.63) is 46.5 Å². The summed E-state index contributed by atoms with van der Waals surface area (Å²) in [6.07, 6.45) is 3.46. The van der Waals surface area contributed by atoms with Gasteiger partial charge in [-0.3, -0.25) is 14.9 Å². The molecule has 1 aromatic carbocycles. The third-order valence-corrected chi connectivity index (χ3v) is 11.0. The largest absolute Gasteiger partial charge is 0.495 e. The average molecular weight is 774 g/mol. The molecule has 2 amide bonds. The molecule has 4 bridgehead atoms. The van der Waals surface area contributed by atoms with Gasteiger partial charge in [0.25, 0.3) is 0 Å². The Morgan fingerprint density at radius 3 is 2.61 bits per heavy atom. The molecule has 2 aliphatic heterocycles. The molecule has 3 aliphatic rings. The molecule has 0 aromatic heterocycles. The molecule has 11 nitrogen and oxygen atoms in total. The van der Waals surface area contributed by atoms with Gasteiger partial charge in [0.05, 0.1) is 19.2 Å². The number of halogens is 2. The fourth-order valence-corrected chi connectivity index (χ4v) is 7.09. The highest BCUT2D eigenvalue weighted by molar-refractivity contribution is 14.1. The number of nitrogens with one attached hydrogen (secondary N) is 1. The Bertz CT molecular complexity index is 1400. The minimum Gasteiger partial charge on any atom is -0.495 e. The Morgan fingerprint density at radius 1 is 1.28 bits per heavy atom. The van der Waals surface area contributed by atoms with E-state index in [1.165, 1.54) is 19.1 Å². The predicted octanol–water partition coefficient (Wildman–Crippen LogP) is 5.21. The van der Waals surface area contributed by atoms with Gasteiger partial charge in [0.1, 0.15) is 35.1 Å². The number of hydrogen-bond acceptors (Lipinski definition) is 9. The number of methoxy groups -OCH3 is 2. The Kier molecular flexibility index (Phi) is 11.4. The molecule has 2 fully saturated rings. The van der Waals surface area contributed by atoms with Gasteiger partial charge in [0.15, 0.2) is 5.72 Å². The van der Waals surface area contributed by atoms with E-state index in [2.05, 4.69) is 5.32 Å². The SMILES string of the molecule is COc1cc2cc(c1Cl)N(C)C(=O)C[C@H](OC(=O)[C@H](C)N(C)I)[C@]1(C)C[C@H]1[C@H](C)[C@@H]1C[C@@](O)(NC(=O)O1)[C@H](OC)/C=C/C=C(\C)C2. The summed E-state index contributed by atoms with van der Waals surface area (Å²) in [7, 11) is 6.42. The summed E-state index contributed by atoms with van der Waals surface area (Å²) in [6, 6.07) is 3.14. The number of allylic oxidation sites excluding steroid dienone is 3. The van der Waals surface area contributed by atoms with Crippen molar-refractivity contribution in [1.29, 1.82) is 0 Å². The second-order valence-corrected chi connectivity index (χ2v) is 14.9. The summed E-state index contributed by atoms with van der Waals surface area (Å²) in [5.74, 6) is -0.614. The van der Waals surface area contributed by atoms with Crippen LogP contribution in [0.15, 0.2) is 35.9 Å². The third-order valence-electron chi connectivity index (χ3n) is 9.80. The molecule has 0 spiro atoms. The number of likely N-dealkylation sites (N-methyl/N-ethyl adjacent to an activating group) is 1. The van der Waals surface area contributed by atoms with Crippen molar-refractivity contribution in [2.75, 3.05) is 33.2 Å². The predicted molar refractivity (Wildman–Crippen MR) is 183 cm³/mol. The molecule has 1 aliphatic carbocycles. The minimum atomic E-state index is -1.72. The number of rotatable bonds is 5. The molecule has 1 saturated carbocycles. The van der Waals surface area contributed by atoms with E-state index in [9.17, 15) is 19.5 Å². The van der Waals surface area contributed by atoms with Gasteiger partial charge < -0.3 is 29.0 Å². The van der Waals surface area contributed by atoms with Crippen LogP contribution in [0.1, 0.15) is 52.5 Å². The summed E-state index contributed by atoms with van der Waals surface area (Å²) in [6.45, 7) is 7.64. The Balaban J connectivity index is 1.80. The van der Waals surface area contributed by atoms with E-state index in [0.29, 0.717) is 29.3 Å². The van der Waals surface area contributed by atoms with Crippen LogP contribution in [-0.4, -0.2) is 84.6 Å². The highest BCUT2D eigenvalue weighted by atomic mass is 127. The fraction of sp³-hybridized carbons (Fsp3) is 0.606. The lowest BCUT2D eigenvalue weighted by atomic mass is 9.83. The lowest BCUT2D eigenvalue weighted by molar-refractivity contribution is -0.158. The highest BCUT2D eigenvalue weighted by Gasteiger charge is 2.62. The summed E-state index contributed by atoms with van der Waals surface area (Å²) < 4.78 is 24.8. The van der Waals surface area contributed by atoms with E-state index >= 15 is 0 Å². The van der Waals surface area contributed by atoms with Gasteiger partial charge in [-0.2, -0.15) is 0 Å². The van der Waals surface area contributed by atoms with Crippen molar-refractivity contribution in [2.24, 2.45) is 17.3 Å². The van der Waals surface area contributed by atoms with Crippen LogP contribution in [0, 0.1) is 17.3 Å². The van der Waals surface area contributed by atoms with Crippen molar-refractivity contribution < 1.29 is 38.4 Å². The first kappa shape index (κ1) is 36.4. The molecule has 2 N–H and O–H groups in total. The first-order valence-electron chi connectivity index (χ1n) is 15.3. The zero-order valence-corrected chi connectivity index (χ0v) is 30.5. The molecular weight excluding hydrogens is 729 g/mol. The second kappa shape index (κ2) is 14.4. The Morgan fingerprint density at radius 2 is 1.98 bits per heavy atom. The van der Waals surface area contributed by atoms with Crippen LogP contribution >= 0.6 is 34.5 Å². The molecule has 8 atom stereocenters. The monoisotopic (exact) mass is 773 g/mol. The highest BCUT2D eigenvalue weighted by Crippen LogP contribution is 2.61. The normalized spacial score (nSPS) is 34.4. The second-order valence-electron chi connectivity index (χ2n) is 13.0. The van der Waals surface area contributed by atoms with Crippen LogP contribution in [0.3, 0.4) is 0 Å². The van der Waals surface area contributed by atoms with Crippen molar-refractivity contribution in [1.82, 2.24) is 8.43 Å². The van der Waals surface area contributed by atoms with Gasteiger partial charge in [0, 0.05) is 48.9 Å². The number of fused-ring (bicyclic) bond motifs is 5. The number of esters is 1. The number of nitrogens with zero attached hydrogens (tertiary/aromatic N) is 2. The summed E-state index contributed by atoms with van der Waals surface area (Å²) in [5.41, 5.74) is -0.0107. The number of anilines is 1. The van der Waals surface area contributed by atoms with Crippen LogP contribution in [0.5, 0.6) is 5.75 Å². The topological polar surface area (TPSA) is 127 Å². The zero-order valence-electron chi connectivity index (χ0n) is 27.6. The van der Waals surface area contributed by atoms with E-state index in [0.717, 1.165) is 11.1 Å². The first-order chi connectivity index (χ1) is 21.5. The molecule has 1 saturated heterocycles. The number of ether oxygens (including phenoxy) is 4. The van der Waals surface area contributed by atoms with Crippen molar-refractivity contribution in [2.45, 2.75) is 83.5 Å². The number of carbonyl (C=O) groups is 3. The van der Waals surface area contributed by atoms with Gasteiger partial charge in [0.2, 0.25) is 5.91 Å². The van der Waals surface area contributed by atoms with Crippen LogP contribution in [-0.2, 0) is 30.2 Å².